The number of aliphatic hydroxyl groups is 1. The van der Waals surface area contributed by atoms with Gasteiger partial charge in [-0.2, -0.15) is 0 Å². The van der Waals surface area contributed by atoms with E-state index in [-0.39, 0.29) is 12.5 Å². The molecule has 0 saturated carbocycles. The molecule has 0 aliphatic rings. The number of rotatable bonds is 5. The molecule has 0 bridgehead atoms. The van der Waals surface area contributed by atoms with Gasteiger partial charge in [-0.1, -0.05) is 23.7 Å². The number of hydrogen-bond acceptors (Lipinski definition) is 3. The molecular formula is C14H15ClN2O3. The number of nitrogens with zero attached hydrogens (tertiary/aromatic N) is 2. The Kier molecular flexibility index (Phi) is 4.42. The molecule has 0 saturated heterocycles. The zero-order valence-electron chi connectivity index (χ0n) is 10.9. The summed E-state index contributed by atoms with van der Waals surface area (Å²) in [5.74, 6) is -0.490. The molecule has 2 atom stereocenters. The lowest BCUT2D eigenvalue weighted by molar-refractivity contribution is -0.137. The molecule has 0 aliphatic heterocycles. The van der Waals surface area contributed by atoms with E-state index in [9.17, 15) is 9.90 Å². The summed E-state index contributed by atoms with van der Waals surface area (Å²) in [4.78, 5) is 14.9. The van der Waals surface area contributed by atoms with Gasteiger partial charge in [0.25, 0.3) is 0 Å². The number of imidazole rings is 1. The van der Waals surface area contributed by atoms with Crippen molar-refractivity contribution in [1.82, 2.24) is 9.55 Å². The Balaban J connectivity index is 2.29. The first-order valence-electron chi connectivity index (χ1n) is 6.17. The van der Waals surface area contributed by atoms with Gasteiger partial charge in [0, 0.05) is 23.5 Å². The van der Waals surface area contributed by atoms with Crippen LogP contribution in [0.15, 0.2) is 36.7 Å². The number of aliphatic carboxylic acids is 1. The molecule has 1 aromatic carbocycles. The molecule has 106 valence electrons. The number of carbonyl (C=O) groups is 1. The van der Waals surface area contributed by atoms with Crippen molar-refractivity contribution in [3.63, 3.8) is 0 Å². The largest absolute Gasteiger partial charge is 0.481 e. The third-order valence-electron chi connectivity index (χ3n) is 3.05. The lowest BCUT2D eigenvalue weighted by Gasteiger charge is -2.18. The summed E-state index contributed by atoms with van der Waals surface area (Å²) in [5, 5.41) is 19.8. The van der Waals surface area contributed by atoms with Crippen molar-refractivity contribution < 1.29 is 15.0 Å². The summed E-state index contributed by atoms with van der Waals surface area (Å²) >= 11 is 5.91. The number of carboxylic acids is 1. The van der Waals surface area contributed by atoms with Crippen LogP contribution in [0.25, 0.3) is 0 Å². The Morgan fingerprint density at radius 3 is 2.90 bits per heavy atom. The van der Waals surface area contributed by atoms with Crippen LogP contribution in [0.5, 0.6) is 0 Å². The van der Waals surface area contributed by atoms with Crippen LogP contribution < -0.4 is 0 Å². The Hall–Kier alpha value is -1.85. The minimum atomic E-state index is -0.944. The fraction of sp³-hybridized carbons (Fsp3) is 0.286. The minimum Gasteiger partial charge on any atom is -0.481 e. The molecule has 20 heavy (non-hydrogen) atoms. The average Bonchev–Trinajstić information content (AvgIpc) is 2.86. The Labute approximate surface area is 121 Å². The van der Waals surface area contributed by atoms with Crippen LogP contribution in [0.2, 0.25) is 5.02 Å². The zero-order chi connectivity index (χ0) is 14.7. The van der Waals surface area contributed by atoms with Crippen molar-refractivity contribution >= 4 is 17.6 Å². The molecule has 0 spiro atoms. The van der Waals surface area contributed by atoms with Gasteiger partial charge >= 0.3 is 5.97 Å². The van der Waals surface area contributed by atoms with Crippen LogP contribution in [0.4, 0.5) is 0 Å². The topological polar surface area (TPSA) is 75.3 Å². The quantitative estimate of drug-likeness (QED) is 0.889. The molecule has 0 aliphatic carbocycles. The maximum atomic E-state index is 10.8. The number of halogens is 1. The maximum absolute atomic E-state index is 10.8. The molecule has 2 aromatic rings. The standard InChI is InChI=1S/C14H15ClN2O3/c1-9(7-12(18)19)17-6-5-16-14(17)13(20)10-3-2-4-11(15)8-10/h2-6,8-9,13,20H,7H2,1H3,(H,18,19). The monoisotopic (exact) mass is 294 g/mol. The number of carboxylic acid groups (broad SMARTS) is 1. The van der Waals surface area contributed by atoms with Gasteiger partial charge in [-0.3, -0.25) is 4.79 Å². The van der Waals surface area contributed by atoms with Crippen LogP contribution in [0.3, 0.4) is 0 Å². The van der Waals surface area contributed by atoms with Gasteiger partial charge in [0.2, 0.25) is 0 Å². The third kappa shape index (κ3) is 3.18. The predicted octanol–water partition coefficient (Wildman–Crippen LogP) is 2.65. The smallest absolute Gasteiger partial charge is 0.305 e. The van der Waals surface area contributed by atoms with Crippen molar-refractivity contribution in [2.24, 2.45) is 0 Å². The summed E-state index contributed by atoms with van der Waals surface area (Å²) in [6.45, 7) is 1.77. The number of hydrogen-bond donors (Lipinski definition) is 2. The van der Waals surface area contributed by atoms with Crippen molar-refractivity contribution in [2.45, 2.75) is 25.5 Å². The van der Waals surface area contributed by atoms with Gasteiger partial charge in [0.1, 0.15) is 11.9 Å². The van der Waals surface area contributed by atoms with Crippen molar-refractivity contribution in [1.29, 1.82) is 0 Å². The van der Waals surface area contributed by atoms with Gasteiger partial charge < -0.3 is 14.8 Å². The van der Waals surface area contributed by atoms with Gasteiger partial charge in [-0.25, -0.2) is 4.98 Å². The van der Waals surface area contributed by atoms with E-state index in [1.807, 2.05) is 0 Å². The normalized spacial score (nSPS) is 13.9. The summed E-state index contributed by atoms with van der Waals surface area (Å²) < 4.78 is 1.67. The van der Waals surface area contributed by atoms with Crippen molar-refractivity contribution in [3.8, 4) is 0 Å². The van der Waals surface area contributed by atoms with Crippen LogP contribution >= 0.6 is 11.6 Å². The highest BCUT2D eigenvalue weighted by atomic mass is 35.5. The SMILES string of the molecule is CC(CC(=O)O)n1ccnc1C(O)c1cccc(Cl)c1. The van der Waals surface area contributed by atoms with E-state index in [1.54, 1.807) is 48.1 Å². The van der Waals surface area contributed by atoms with Gasteiger partial charge in [0.15, 0.2) is 0 Å². The average molecular weight is 295 g/mol. The van der Waals surface area contributed by atoms with Crippen molar-refractivity contribution in [3.05, 3.63) is 53.1 Å². The molecule has 5 nitrogen and oxygen atoms in total. The van der Waals surface area contributed by atoms with E-state index in [4.69, 9.17) is 16.7 Å². The van der Waals surface area contributed by atoms with E-state index in [0.717, 1.165) is 0 Å². The fourth-order valence-corrected chi connectivity index (χ4v) is 2.28. The van der Waals surface area contributed by atoms with Gasteiger partial charge in [-0.15, -0.1) is 0 Å². The highest BCUT2D eigenvalue weighted by molar-refractivity contribution is 6.30. The van der Waals surface area contributed by atoms with E-state index < -0.39 is 12.1 Å². The van der Waals surface area contributed by atoms with Crippen LogP contribution in [-0.2, 0) is 4.79 Å². The second kappa shape index (κ2) is 6.07. The predicted molar refractivity (Wildman–Crippen MR) is 74.7 cm³/mol. The number of aliphatic hydroxyl groups excluding tert-OH is 1. The van der Waals surface area contributed by atoms with Crippen LogP contribution in [0, 0.1) is 0 Å². The molecule has 2 rings (SSSR count). The lowest BCUT2D eigenvalue weighted by atomic mass is 10.1. The van der Waals surface area contributed by atoms with E-state index in [1.165, 1.54) is 0 Å². The number of aromatic nitrogens is 2. The lowest BCUT2D eigenvalue weighted by Crippen LogP contribution is -2.15. The first-order valence-corrected chi connectivity index (χ1v) is 6.55. The minimum absolute atomic E-state index is 0.0361. The summed E-state index contributed by atoms with van der Waals surface area (Å²) in [6, 6.07) is 6.58. The third-order valence-corrected chi connectivity index (χ3v) is 3.29. The van der Waals surface area contributed by atoms with Crippen LogP contribution in [0.1, 0.15) is 36.9 Å². The van der Waals surface area contributed by atoms with E-state index >= 15 is 0 Å². The molecule has 0 fully saturated rings. The zero-order valence-corrected chi connectivity index (χ0v) is 11.7. The summed E-state index contributed by atoms with van der Waals surface area (Å²) in [5.41, 5.74) is 0.618. The van der Waals surface area contributed by atoms with E-state index in [0.29, 0.717) is 16.4 Å². The van der Waals surface area contributed by atoms with Gasteiger partial charge in [0.05, 0.1) is 6.42 Å². The molecule has 2 unspecified atom stereocenters. The summed E-state index contributed by atoms with van der Waals surface area (Å²) in [6.07, 6.45) is 2.23. The Bertz CT molecular complexity index is 612. The Morgan fingerprint density at radius 1 is 1.50 bits per heavy atom. The molecule has 6 heteroatoms. The molecule has 1 heterocycles. The molecule has 2 N–H and O–H groups in total. The molecule has 1 aromatic heterocycles. The molecule has 0 amide bonds. The maximum Gasteiger partial charge on any atom is 0.305 e. The first kappa shape index (κ1) is 14.6. The Morgan fingerprint density at radius 2 is 2.25 bits per heavy atom. The summed E-state index contributed by atoms with van der Waals surface area (Å²) in [7, 11) is 0. The van der Waals surface area contributed by atoms with Crippen molar-refractivity contribution in [2.75, 3.05) is 0 Å². The highest BCUT2D eigenvalue weighted by Gasteiger charge is 2.20. The second-order valence-electron chi connectivity index (χ2n) is 4.60. The van der Waals surface area contributed by atoms with Gasteiger partial charge in [-0.05, 0) is 24.6 Å². The van der Waals surface area contributed by atoms with E-state index in [2.05, 4.69) is 4.98 Å². The highest BCUT2D eigenvalue weighted by Crippen LogP contribution is 2.25. The van der Waals surface area contributed by atoms with Crippen LogP contribution in [-0.4, -0.2) is 25.7 Å². The molecule has 0 radical (unpaired) electrons. The first-order chi connectivity index (χ1) is 9.49. The number of benzene rings is 1. The molecular weight excluding hydrogens is 280 g/mol. The fourth-order valence-electron chi connectivity index (χ4n) is 2.09. The second-order valence-corrected chi connectivity index (χ2v) is 5.03.